The lowest BCUT2D eigenvalue weighted by molar-refractivity contribution is -0.386. The fourth-order valence-corrected chi connectivity index (χ4v) is 4.71. The maximum atomic E-state index is 12.5. The smallest absolute Gasteiger partial charge is 0.204 e. The highest BCUT2D eigenvalue weighted by Gasteiger charge is 2.39. The van der Waals surface area contributed by atoms with Crippen LogP contribution in [0.4, 0.5) is 0 Å². The van der Waals surface area contributed by atoms with Crippen LogP contribution >= 0.6 is 7.60 Å². The van der Waals surface area contributed by atoms with Gasteiger partial charge in [0.15, 0.2) is 13.4 Å². The van der Waals surface area contributed by atoms with Gasteiger partial charge >= 0.3 is 0 Å². The van der Waals surface area contributed by atoms with Gasteiger partial charge in [0.25, 0.3) is 0 Å². The molecule has 1 aromatic heterocycles. The molecule has 0 radical (unpaired) electrons. The van der Waals surface area contributed by atoms with E-state index in [-0.39, 0.29) is 16.5 Å². The van der Waals surface area contributed by atoms with Gasteiger partial charge in [0.2, 0.25) is 5.43 Å². The van der Waals surface area contributed by atoms with Crippen molar-refractivity contribution >= 4 is 23.9 Å². The van der Waals surface area contributed by atoms with Crippen LogP contribution < -0.4 is 21.4 Å². The van der Waals surface area contributed by atoms with Crippen LogP contribution in [0.15, 0.2) is 94.1 Å². The second-order valence-corrected chi connectivity index (χ2v) is 8.42. The van der Waals surface area contributed by atoms with E-state index >= 15 is 0 Å². The molecule has 2 atom stereocenters. The highest BCUT2D eigenvalue weighted by Crippen LogP contribution is 2.51. The summed E-state index contributed by atoms with van der Waals surface area (Å²) in [6, 6.07) is 25.6. The van der Waals surface area contributed by atoms with Crippen LogP contribution in [0.5, 0.6) is 0 Å². The Bertz CT molecular complexity index is 1270. The topological polar surface area (TPSA) is 107 Å². The summed E-state index contributed by atoms with van der Waals surface area (Å²) >= 11 is 0. The molecule has 4 aromatic rings. The second kappa shape index (κ2) is 8.38. The number of rotatable bonds is 2. The number of benzene rings is 3. The highest BCUT2D eigenvalue weighted by atomic mass is 31.2. The Morgan fingerprint density at radius 1 is 0.900 bits per heavy atom. The normalized spacial score (nSPS) is 19.7. The van der Waals surface area contributed by atoms with Crippen molar-refractivity contribution in [1.82, 2.24) is 0 Å². The predicted octanol–water partition coefficient (Wildman–Crippen LogP) is 2.52. The molecule has 0 aliphatic carbocycles. The minimum atomic E-state index is -4.45. The molecule has 7 heteroatoms. The van der Waals surface area contributed by atoms with Gasteiger partial charge < -0.3 is 24.1 Å². The van der Waals surface area contributed by atoms with E-state index in [4.69, 9.17) is 8.94 Å². The molecule has 0 fully saturated rings. The minimum absolute atomic E-state index is 0.0493. The van der Waals surface area contributed by atoms with Crippen LogP contribution in [-0.2, 0) is 15.6 Å². The van der Waals surface area contributed by atoms with E-state index in [1.54, 1.807) is 42.5 Å². The molecule has 2 heterocycles. The Morgan fingerprint density at radius 3 is 2.13 bits per heavy atom. The van der Waals surface area contributed by atoms with Crippen molar-refractivity contribution in [3.8, 4) is 0 Å². The molecule has 30 heavy (non-hydrogen) atoms. The maximum Gasteiger partial charge on any atom is 0.204 e. The van der Waals surface area contributed by atoms with E-state index in [2.05, 4.69) is 17.9 Å². The summed E-state index contributed by atoms with van der Waals surface area (Å²) in [4.78, 5) is 24.7. The van der Waals surface area contributed by atoms with Crippen molar-refractivity contribution in [2.24, 2.45) is 0 Å². The van der Waals surface area contributed by atoms with Crippen molar-refractivity contribution in [3.63, 3.8) is 0 Å². The molecular weight excluding hydrogens is 401 g/mol. The molecule has 1 aliphatic heterocycles. The molecule has 0 spiro atoms. The van der Waals surface area contributed by atoms with E-state index < -0.39 is 19.1 Å². The molecule has 152 valence electrons. The molecule has 3 N–H and O–H groups in total. The van der Waals surface area contributed by atoms with Gasteiger partial charge in [-0.3, -0.25) is 4.79 Å². The lowest BCUT2D eigenvalue weighted by Crippen LogP contribution is -2.47. The molecule has 0 saturated heterocycles. The second-order valence-electron chi connectivity index (χ2n) is 6.77. The third kappa shape index (κ3) is 3.86. The Balaban J connectivity index is 0.000000230. The van der Waals surface area contributed by atoms with Gasteiger partial charge in [0.05, 0.1) is 11.9 Å². The molecule has 3 aromatic carbocycles. The SMILES string of the molecule is O=c1c2c(oc3ccccc13)C(c1ccccc1)OP2(=O)[O-].[NH3+]Cc1ccccc1. The first-order chi connectivity index (χ1) is 14.5. The van der Waals surface area contributed by atoms with Crippen molar-refractivity contribution < 1.29 is 24.1 Å². The van der Waals surface area contributed by atoms with Crippen LogP contribution in [0, 0.1) is 0 Å². The third-order valence-corrected chi connectivity index (χ3v) is 6.25. The number of para-hydroxylation sites is 1. The zero-order valence-corrected chi connectivity index (χ0v) is 17.0. The molecule has 0 bridgehead atoms. The van der Waals surface area contributed by atoms with E-state index in [0.717, 1.165) is 6.54 Å². The zero-order valence-electron chi connectivity index (χ0n) is 16.1. The summed E-state index contributed by atoms with van der Waals surface area (Å²) in [7, 11) is -4.45. The van der Waals surface area contributed by atoms with Crippen LogP contribution in [0.1, 0.15) is 23.0 Å². The summed E-state index contributed by atoms with van der Waals surface area (Å²) in [5, 5.41) is -0.144. The average molecular weight is 421 g/mol. The molecule has 2 unspecified atom stereocenters. The molecule has 1 aliphatic rings. The number of hydrogen-bond donors (Lipinski definition) is 1. The molecular formula is C23H20NO5P. The van der Waals surface area contributed by atoms with Crippen LogP contribution in [-0.4, -0.2) is 0 Å². The first-order valence-corrected chi connectivity index (χ1v) is 11.0. The van der Waals surface area contributed by atoms with E-state index in [0.29, 0.717) is 11.1 Å². The van der Waals surface area contributed by atoms with Gasteiger partial charge in [-0.15, -0.1) is 0 Å². The quantitative estimate of drug-likeness (QED) is 0.501. The number of hydrogen-bond acceptors (Lipinski definition) is 5. The minimum Gasteiger partial charge on any atom is -0.775 e. The van der Waals surface area contributed by atoms with Gasteiger partial charge in [-0.05, 0) is 17.7 Å². The predicted molar refractivity (Wildman–Crippen MR) is 112 cm³/mol. The van der Waals surface area contributed by atoms with Crippen molar-refractivity contribution in [2.45, 2.75) is 12.6 Å². The van der Waals surface area contributed by atoms with Crippen molar-refractivity contribution in [1.29, 1.82) is 0 Å². The average Bonchev–Trinajstić information content (AvgIpc) is 3.06. The Hall–Kier alpha value is -3.02. The lowest BCUT2D eigenvalue weighted by atomic mass is 10.1. The third-order valence-electron chi connectivity index (χ3n) is 4.79. The van der Waals surface area contributed by atoms with Gasteiger partial charge in [-0.1, -0.05) is 72.8 Å². The van der Waals surface area contributed by atoms with E-state index in [9.17, 15) is 14.3 Å². The van der Waals surface area contributed by atoms with Gasteiger partial charge in [0.1, 0.15) is 17.0 Å². The Kier molecular flexibility index (Phi) is 5.66. The highest BCUT2D eigenvalue weighted by molar-refractivity contribution is 7.60. The van der Waals surface area contributed by atoms with Crippen molar-refractivity contribution in [2.75, 3.05) is 0 Å². The molecule has 6 nitrogen and oxygen atoms in total. The zero-order chi connectivity index (χ0) is 21.1. The van der Waals surface area contributed by atoms with Crippen LogP contribution in [0.2, 0.25) is 0 Å². The summed E-state index contributed by atoms with van der Waals surface area (Å²) in [6.45, 7) is 0.890. The standard InChI is InChI=1S/C16H11O5P.C7H9N/c17-13-11-8-4-5-9-12(11)20-15-14(10-6-2-1-3-7-10)21-22(18,19)16(13)15;8-6-7-4-2-1-3-5-7/h1-9,14H,(H,18,19);1-5H,6,8H2. The van der Waals surface area contributed by atoms with E-state index in [1.807, 2.05) is 24.3 Å². The van der Waals surface area contributed by atoms with Crippen LogP contribution in [0.25, 0.3) is 11.0 Å². The maximum absolute atomic E-state index is 12.5. The molecule has 5 rings (SSSR count). The first-order valence-electron chi connectivity index (χ1n) is 9.45. The largest absolute Gasteiger partial charge is 0.775 e. The van der Waals surface area contributed by atoms with Gasteiger partial charge in [-0.25, -0.2) is 0 Å². The number of quaternary nitrogens is 1. The monoisotopic (exact) mass is 421 g/mol. The summed E-state index contributed by atoms with van der Waals surface area (Å²) in [5.74, 6) is 0.0493. The molecule has 0 amide bonds. The van der Waals surface area contributed by atoms with Crippen molar-refractivity contribution in [3.05, 3.63) is 112 Å². The van der Waals surface area contributed by atoms with Gasteiger partial charge in [0, 0.05) is 5.56 Å². The lowest BCUT2D eigenvalue weighted by Gasteiger charge is -2.17. The number of fused-ring (bicyclic) bond motifs is 2. The summed E-state index contributed by atoms with van der Waals surface area (Å²) in [6.07, 6.45) is -0.920. The fraction of sp³-hybridized carbons (Fsp3) is 0.0870. The molecule has 0 saturated carbocycles. The Labute approximate surface area is 173 Å². The Morgan fingerprint density at radius 2 is 1.50 bits per heavy atom. The fourth-order valence-electron chi connectivity index (χ4n) is 3.31. The summed E-state index contributed by atoms with van der Waals surface area (Å²) < 4.78 is 23.1. The summed E-state index contributed by atoms with van der Waals surface area (Å²) in [5.41, 5.74) is 5.45. The first kappa shape index (κ1) is 20.3. The van der Waals surface area contributed by atoms with Crippen LogP contribution in [0.3, 0.4) is 0 Å². The van der Waals surface area contributed by atoms with Gasteiger partial charge in [-0.2, -0.15) is 0 Å². The van der Waals surface area contributed by atoms with E-state index in [1.165, 1.54) is 11.6 Å².